The van der Waals surface area contributed by atoms with E-state index in [0.717, 1.165) is 30.4 Å². The highest BCUT2D eigenvalue weighted by Crippen LogP contribution is 2.38. The first-order valence-electron chi connectivity index (χ1n) is 6.30. The summed E-state index contributed by atoms with van der Waals surface area (Å²) in [6.45, 7) is 4.40. The van der Waals surface area contributed by atoms with Gasteiger partial charge in [-0.15, -0.1) is 13.2 Å². The second-order valence-corrected chi connectivity index (χ2v) is 5.67. The Balaban J connectivity index is 2.18. The number of alkyl halides is 3. The van der Waals surface area contributed by atoms with Gasteiger partial charge in [0.2, 0.25) is 0 Å². The van der Waals surface area contributed by atoms with Crippen LogP contribution < -0.4 is 4.74 Å². The highest BCUT2D eigenvalue weighted by atomic mass is 19.4. The van der Waals surface area contributed by atoms with Gasteiger partial charge in [0.25, 0.3) is 0 Å². The standard InChI is InChI=1S/C15H17F3O/c1-14(2)8-6-11(7-9-14)12-4-3-5-13(10-12)19-15(16,17)18/h3-6,10H,7-9H2,1-2H3. The molecule has 0 amide bonds. The molecular formula is C15H17F3O. The summed E-state index contributed by atoms with van der Waals surface area (Å²) in [4.78, 5) is 0. The second-order valence-electron chi connectivity index (χ2n) is 5.67. The fourth-order valence-corrected chi connectivity index (χ4v) is 2.23. The molecule has 1 aromatic rings. The third-order valence-corrected chi connectivity index (χ3v) is 3.41. The molecule has 1 aliphatic rings. The van der Waals surface area contributed by atoms with Crippen molar-refractivity contribution in [3.8, 4) is 5.75 Å². The lowest BCUT2D eigenvalue weighted by Crippen LogP contribution is -2.17. The van der Waals surface area contributed by atoms with E-state index in [2.05, 4.69) is 24.7 Å². The third-order valence-electron chi connectivity index (χ3n) is 3.41. The molecule has 0 atom stereocenters. The lowest BCUT2D eigenvalue weighted by molar-refractivity contribution is -0.274. The van der Waals surface area contributed by atoms with Gasteiger partial charge >= 0.3 is 6.36 Å². The molecule has 0 bridgehead atoms. The first kappa shape index (κ1) is 14.0. The van der Waals surface area contributed by atoms with Crippen LogP contribution in [0.25, 0.3) is 5.57 Å². The van der Waals surface area contributed by atoms with Gasteiger partial charge in [0.1, 0.15) is 5.75 Å². The molecule has 1 aliphatic carbocycles. The van der Waals surface area contributed by atoms with Gasteiger partial charge in [0.05, 0.1) is 0 Å². The van der Waals surface area contributed by atoms with Gasteiger partial charge in [-0.1, -0.05) is 32.1 Å². The zero-order chi connectivity index (χ0) is 14.1. The summed E-state index contributed by atoms with van der Waals surface area (Å²) in [5.41, 5.74) is 2.20. The van der Waals surface area contributed by atoms with Crippen molar-refractivity contribution in [2.24, 2.45) is 5.41 Å². The van der Waals surface area contributed by atoms with E-state index in [9.17, 15) is 13.2 Å². The number of halogens is 3. The number of allylic oxidation sites excluding steroid dienone is 2. The molecule has 0 aliphatic heterocycles. The molecule has 0 aromatic heterocycles. The van der Waals surface area contributed by atoms with Crippen LogP contribution in [0, 0.1) is 5.41 Å². The van der Waals surface area contributed by atoms with E-state index >= 15 is 0 Å². The quantitative estimate of drug-likeness (QED) is 0.719. The second kappa shape index (κ2) is 4.91. The molecule has 1 aromatic carbocycles. The van der Waals surface area contributed by atoms with Crippen LogP contribution in [0.2, 0.25) is 0 Å². The van der Waals surface area contributed by atoms with Crippen molar-refractivity contribution in [1.29, 1.82) is 0 Å². The number of rotatable bonds is 2. The molecular weight excluding hydrogens is 253 g/mol. The van der Waals surface area contributed by atoms with Gasteiger partial charge in [-0.05, 0) is 47.9 Å². The van der Waals surface area contributed by atoms with E-state index < -0.39 is 6.36 Å². The smallest absolute Gasteiger partial charge is 0.406 e. The summed E-state index contributed by atoms with van der Waals surface area (Å²) in [7, 11) is 0. The summed E-state index contributed by atoms with van der Waals surface area (Å²) < 4.78 is 40.5. The van der Waals surface area contributed by atoms with Crippen LogP contribution in [0.15, 0.2) is 30.3 Å². The summed E-state index contributed by atoms with van der Waals surface area (Å²) in [6.07, 6.45) is 0.371. The monoisotopic (exact) mass is 270 g/mol. The van der Waals surface area contributed by atoms with Crippen LogP contribution in [0.4, 0.5) is 13.2 Å². The van der Waals surface area contributed by atoms with Crippen LogP contribution in [0.3, 0.4) is 0 Å². The minimum Gasteiger partial charge on any atom is -0.406 e. The fourth-order valence-electron chi connectivity index (χ4n) is 2.23. The molecule has 2 rings (SSSR count). The van der Waals surface area contributed by atoms with E-state index in [4.69, 9.17) is 0 Å². The average Bonchev–Trinajstić information content (AvgIpc) is 2.27. The average molecular weight is 270 g/mol. The highest BCUT2D eigenvalue weighted by molar-refractivity contribution is 5.67. The largest absolute Gasteiger partial charge is 0.573 e. The van der Waals surface area contributed by atoms with Crippen molar-refractivity contribution in [2.45, 2.75) is 39.5 Å². The molecule has 0 saturated heterocycles. The maximum Gasteiger partial charge on any atom is 0.573 e. The fraction of sp³-hybridized carbons (Fsp3) is 0.467. The van der Waals surface area contributed by atoms with Gasteiger partial charge in [-0.2, -0.15) is 0 Å². The maximum atomic E-state index is 12.2. The van der Waals surface area contributed by atoms with Gasteiger partial charge in [-0.25, -0.2) is 0 Å². The topological polar surface area (TPSA) is 9.23 Å². The number of ether oxygens (including phenoxy) is 1. The normalized spacial score (nSPS) is 18.9. The lowest BCUT2D eigenvalue weighted by Gasteiger charge is -2.28. The van der Waals surface area contributed by atoms with Gasteiger partial charge in [0.15, 0.2) is 0 Å². The Bertz CT molecular complexity index is 486. The zero-order valence-electron chi connectivity index (χ0n) is 11.1. The Labute approximate surface area is 111 Å². The number of benzene rings is 1. The van der Waals surface area contributed by atoms with Crippen molar-refractivity contribution >= 4 is 5.57 Å². The molecule has 4 heteroatoms. The van der Waals surface area contributed by atoms with Crippen molar-refractivity contribution in [3.05, 3.63) is 35.9 Å². The van der Waals surface area contributed by atoms with Crippen LogP contribution >= 0.6 is 0 Å². The van der Waals surface area contributed by atoms with E-state index in [0.29, 0.717) is 0 Å². The van der Waals surface area contributed by atoms with E-state index in [1.165, 1.54) is 12.1 Å². The lowest BCUT2D eigenvalue weighted by atomic mass is 9.77. The van der Waals surface area contributed by atoms with Crippen LogP contribution in [0.5, 0.6) is 5.75 Å². The minimum atomic E-state index is -4.64. The van der Waals surface area contributed by atoms with Crippen molar-refractivity contribution in [3.63, 3.8) is 0 Å². The Morgan fingerprint density at radius 2 is 1.95 bits per heavy atom. The van der Waals surface area contributed by atoms with Gasteiger partial charge < -0.3 is 4.74 Å². The predicted molar refractivity (Wildman–Crippen MR) is 68.7 cm³/mol. The van der Waals surface area contributed by atoms with E-state index in [1.54, 1.807) is 6.07 Å². The maximum absolute atomic E-state index is 12.2. The summed E-state index contributed by atoms with van der Waals surface area (Å²) in [5, 5.41) is 0. The van der Waals surface area contributed by atoms with Crippen molar-refractivity contribution in [2.75, 3.05) is 0 Å². The summed E-state index contributed by atoms with van der Waals surface area (Å²) in [6, 6.07) is 6.20. The molecule has 0 heterocycles. The molecule has 0 radical (unpaired) electrons. The SMILES string of the molecule is CC1(C)CC=C(c2cccc(OC(F)(F)F)c2)CC1. The van der Waals surface area contributed by atoms with Crippen molar-refractivity contribution in [1.82, 2.24) is 0 Å². The molecule has 0 saturated carbocycles. The molecule has 0 unspecified atom stereocenters. The van der Waals surface area contributed by atoms with Gasteiger partial charge in [-0.3, -0.25) is 0 Å². The molecule has 0 fully saturated rings. The Kier molecular flexibility index (Phi) is 3.61. The molecule has 1 nitrogen and oxygen atoms in total. The molecule has 0 spiro atoms. The number of hydrogen-bond donors (Lipinski definition) is 0. The summed E-state index contributed by atoms with van der Waals surface area (Å²) >= 11 is 0. The first-order chi connectivity index (χ1) is 8.75. The molecule has 104 valence electrons. The van der Waals surface area contributed by atoms with Crippen LogP contribution in [-0.4, -0.2) is 6.36 Å². The Morgan fingerprint density at radius 3 is 2.53 bits per heavy atom. The Hall–Kier alpha value is -1.45. The van der Waals surface area contributed by atoms with E-state index in [1.807, 2.05) is 6.07 Å². The number of hydrogen-bond acceptors (Lipinski definition) is 1. The Morgan fingerprint density at radius 1 is 1.21 bits per heavy atom. The predicted octanol–water partition coefficient (Wildman–Crippen LogP) is 5.18. The third kappa shape index (κ3) is 4.01. The highest BCUT2D eigenvalue weighted by Gasteiger charge is 2.31. The summed E-state index contributed by atoms with van der Waals surface area (Å²) in [5.74, 6) is -0.157. The van der Waals surface area contributed by atoms with Crippen molar-refractivity contribution < 1.29 is 17.9 Å². The molecule has 0 N–H and O–H groups in total. The minimum absolute atomic E-state index is 0.157. The van der Waals surface area contributed by atoms with Crippen LogP contribution in [0.1, 0.15) is 38.7 Å². The van der Waals surface area contributed by atoms with E-state index in [-0.39, 0.29) is 11.2 Å². The zero-order valence-corrected chi connectivity index (χ0v) is 11.1. The molecule has 19 heavy (non-hydrogen) atoms. The van der Waals surface area contributed by atoms with Crippen LogP contribution in [-0.2, 0) is 0 Å². The van der Waals surface area contributed by atoms with Gasteiger partial charge in [0, 0.05) is 0 Å². The first-order valence-corrected chi connectivity index (χ1v) is 6.30.